The summed E-state index contributed by atoms with van der Waals surface area (Å²) in [4.78, 5) is 26.2. The van der Waals surface area contributed by atoms with Crippen LogP contribution in [0.4, 0.5) is 14.9 Å². The van der Waals surface area contributed by atoms with Crippen molar-refractivity contribution in [2.24, 2.45) is 0 Å². The molecule has 3 amide bonds. The molecule has 0 radical (unpaired) electrons. The SMILES string of the molecule is O=C1N/C(=C/c2cc(I)c(OCc3ccccc3F)c(I)c2)C(=O)N1c1ccc(Cl)cc1. The second-order valence-corrected chi connectivity index (χ2v) is 9.56. The molecule has 1 fully saturated rings. The zero-order chi connectivity index (χ0) is 22.8. The number of rotatable bonds is 5. The molecule has 5 nitrogen and oxygen atoms in total. The topological polar surface area (TPSA) is 58.6 Å². The first-order chi connectivity index (χ1) is 15.3. The van der Waals surface area contributed by atoms with Crippen molar-refractivity contribution in [3.8, 4) is 5.75 Å². The lowest BCUT2D eigenvalue weighted by molar-refractivity contribution is -0.113. The molecule has 1 aliphatic heterocycles. The molecule has 3 aromatic carbocycles. The van der Waals surface area contributed by atoms with E-state index < -0.39 is 11.9 Å². The summed E-state index contributed by atoms with van der Waals surface area (Å²) in [5, 5.41) is 3.12. The fourth-order valence-electron chi connectivity index (χ4n) is 3.09. The van der Waals surface area contributed by atoms with E-state index >= 15 is 0 Å². The average molecular weight is 675 g/mol. The number of imide groups is 1. The molecule has 0 spiro atoms. The quantitative estimate of drug-likeness (QED) is 0.195. The van der Waals surface area contributed by atoms with Crippen LogP contribution in [0.2, 0.25) is 5.02 Å². The molecule has 0 unspecified atom stereocenters. The van der Waals surface area contributed by atoms with Crippen molar-refractivity contribution in [1.29, 1.82) is 0 Å². The third-order valence-corrected chi connectivity index (χ3v) is 6.48. The van der Waals surface area contributed by atoms with Crippen molar-refractivity contribution in [3.05, 3.63) is 95.5 Å². The molecule has 1 heterocycles. The van der Waals surface area contributed by atoms with E-state index in [0.717, 1.165) is 17.6 Å². The largest absolute Gasteiger partial charge is 0.487 e. The number of benzene rings is 3. The maximum absolute atomic E-state index is 13.9. The van der Waals surface area contributed by atoms with Crippen LogP contribution in [0.25, 0.3) is 6.08 Å². The van der Waals surface area contributed by atoms with E-state index in [1.165, 1.54) is 6.07 Å². The second kappa shape index (κ2) is 9.75. The van der Waals surface area contributed by atoms with Gasteiger partial charge in [-0.15, -0.1) is 0 Å². The number of nitrogens with zero attached hydrogens (tertiary/aromatic N) is 1. The van der Waals surface area contributed by atoms with Gasteiger partial charge in [-0.2, -0.15) is 0 Å². The Morgan fingerprint density at radius 1 is 1.03 bits per heavy atom. The Morgan fingerprint density at radius 2 is 1.69 bits per heavy atom. The molecule has 0 bridgehead atoms. The number of carbonyl (C=O) groups excluding carboxylic acids is 2. The maximum Gasteiger partial charge on any atom is 0.333 e. The van der Waals surface area contributed by atoms with Crippen LogP contribution in [-0.4, -0.2) is 11.9 Å². The van der Waals surface area contributed by atoms with Gasteiger partial charge >= 0.3 is 6.03 Å². The Morgan fingerprint density at radius 3 is 2.34 bits per heavy atom. The van der Waals surface area contributed by atoms with Crippen LogP contribution in [0.1, 0.15) is 11.1 Å². The molecule has 0 aromatic heterocycles. The summed E-state index contributed by atoms with van der Waals surface area (Å²) >= 11 is 10.1. The summed E-state index contributed by atoms with van der Waals surface area (Å²) in [7, 11) is 0. The summed E-state index contributed by atoms with van der Waals surface area (Å²) in [6.07, 6.45) is 1.61. The van der Waals surface area contributed by atoms with E-state index in [2.05, 4.69) is 50.5 Å². The van der Waals surface area contributed by atoms with Crippen molar-refractivity contribution in [2.45, 2.75) is 6.61 Å². The summed E-state index contributed by atoms with van der Waals surface area (Å²) in [6.45, 7) is 0.101. The fraction of sp³-hybridized carbons (Fsp3) is 0.0435. The Labute approximate surface area is 215 Å². The van der Waals surface area contributed by atoms with Gasteiger partial charge in [0.1, 0.15) is 23.9 Å². The van der Waals surface area contributed by atoms with Gasteiger partial charge < -0.3 is 10.1 Å². The van der Waals surface area contributed by atoms with Crippen molar-refractivity contribution < 1.29 is 18.7 Å². The van der Waals surface area contributed by atoms with Crippen LogP contribution in [0.5, 0.6) is 5.75 Å². The minimum Gasteiger partial charge on any atom is -0.487 e. The van der Waals surface area contributed by atoms with Gasteiger partial charge in [0.05, 0.1) is 12.8 Å². The average Bonchev–Trinajstić information content (AvgIpc) is 3.02. The zero-order valence-electron chi connectivity index (χ0n) is 16.2. The molecule has 162 valence electrons. The number of hydrogen-bond donors (Lipinski definition) is 1. The van der Waals surface area contributed by atoms with Crippen LogP contribution in [-0.2, 0) is 11.4 Å². The summed E-state index contributed by atoms with van der Waals surface area (Å²) in [5.41, 5.74) is 1.78. The summed E-state index contributed by atoms with van der Waals surface area (Å²) < 4.78 is 21.3. The molecule has 1 aliphatic rings. The van der Waals surface area contributed by atoms with Gasteiger partial charge in [-0.25, -0.2) is 14.1 Å². The molecule has 4 rings (SSSR count). The Kier molecular flexibility index (Phi) is 7.01. The summed E-state index contributed by atoms with van der Waals surface area (Å²) in [6, 6.07) is 16.0. The highest BCUT2D eigenvalue weighted by atomic mass is 127. The minimum absolute atomic E-state index is 0.101. The lowest BCUT2D eigenvalue weighted by atomic mass is 10.1. The highest BCUT2D eigenvalue weighted by Crippen LogP contribution is 2.31. The highest BCUT2D eigenvalue weighted by molar-refractivity contribution is 14.1. The lowest BCUT2D eigenvalue weighted by Crippen LogP contribution is -2.30. The van der Waals surface area contributed by atoms with Crippen molar-refractivity contribution in [1.82, 2.24) is 5.32 Å². The predicted octanol–water partition coefficient (Wildman–Crippen LogP) is 6.36. The molecule has 9 heteroatoms. The first kappa shape index (κ1) is 23.0. The normalized spacial score (nSPS) is 14.8. The number of halogens is 4. The molecule has 32 heavy (non-hydrogen) atoms. The number of anilines is 1. The number of urea groups is 1. The molecule has 1 saturated heterocycles. The Balaban J connectivity index is 1.55. The lowest BCUT2D eigenvalue weighted by Gasteiger charge is -2.12. The summed E-state index contributed by atoms with van der Waals surface area (Å²) in [5.74, 6) is -0.150. The molecular weight excluding hydrogens is 661 g/mol. The number of nitrogens with one attached hydrogen (secondary N) is 1. The van der Waals surface area contributed by atoms with Crippen molar-refractivity contribution in [3.63, 3.8) is 0 Å². The highest BCUT2D eigenvalue weighted by Gasteiger charge is 2.34. The Hall–Kier alpha value is -2.18. The minimum atomic E-state index is -0.530. The second-order valence-electron chi connectivity index (χ2n) is 6.80. The van der Waals surface area contributed by atoms with Crippen molar-refractivity contribution >= 4 is 80.5 Å². The maximum atomic E-state index is 13.9. The zero-order valence-corrected chi connectivity index (χ0v) is 21.3. The van der Waals surface area contributed by atoms with Gasteiger partial charge in [0.2, 0.25) is 0 Å². The van der Waals surface area contributed by atoms with Crippen LogP contribution >= 0.6 is 56.8 Å². The number of hydrogen-bond acceptors (Lipinski definition) is 3. The van der Waals surface area contributed by atoms with E-state index in [0.29, 0.717) is 22.0 Å². The molecule has 0 aliphatic carbocycles. The molecule has 0 saturated carbocycles. The van der Waals surface area contributed by atoms with Gasteiger partial charge in [0.25, 0.3) is 5.91 Å². The first-order valence-electron chi connectivity index (χ1n) is 9.31. The third kappa shape index (κ3) is 4.91. The standard InChI is InChI=1S/C23H14ClFI2N2O3/c24-15-5-7-16(8-6-15)29-22(30)20(28-23(29)31)11-13-9-18(26)21(19(27)10-13)32-12-14-3-1-2-4-17(14)25/h1-11H,12H2,(H,28,31)/b20-11+. The molecule has 3 aromatic rings. The number of carbonyl (C=O) groups is 2. The smallest absolute Gasteiger partial charge is 0.333 e. The Bertz CT molecular complexity index is 1230. The van der Waals surface area contributed by atoms with Crippen LogP contribution in [0.15, 0.2) is 66.4 Å². The fourth-order valence-corrected chi connectivity index (χ4v) is 5.35. The van der Waals surface area contributed by atoms with E-state index in [-0.39, 0.29) is 18.1 Å². The van der Waals surface area contributed by atoms with Gasteiger partial charge in [-0.1, -0.05) is 29.8 Å². The van der Waals surface area contributed by atoms with E-state index in [1.807, 2.05) is 12.1 Å². The molecule has 0 atom stereocenters. The van der Waals surface area contributed by atoms with Crippen molar-refractivity contribution in [2.75, 3.05) is 4.90 Å². The van der Waals surface area contributed by atoms with Gasteiger partial charge in [-0.05, 0) is 99.3 Å². The van der Waals surface area contributed by atoms with E-state index in [1.54, 1.807) is 48.5 Å². The first-order valence-corrected chi connectivity index (χ1v) is 11.8. The number of amides is 3. The van der Waals surface area contributed by atoms with Gasteiger partial charge in [0, 0.05) is 10.6 Å². The van der Waals surface area contributed by atoms with E-state index in [9.17, 15) is 14.0 Å². The van der Waals surface area contributed by atoms with Crippen LogP contribution < -0.4 is 15.0 Å². The number of ether oxygens (including phenoxy) is 1. The van der Waals surface area contributed by atoms with Crippen LogP contribution in [0.3, 0.4) is 0 Å². The monoisotopic (exact) mass is 674 g/mol. The third-order valence-electron chi connectivity index (χ3n) is 4.62. The van der Waals surface area contributed by atoms with Crippen LogP contribution in [0, 0.1) is 13.0 Å². The molecule has 1 N–H and O–H groups in total. The van der Waals surface area contributed by atoms with Gasteiger partial charge in [-0.3, -0.25) is 4.79 Å². The predicted molar refractivity (Wildman–Crippen MR) is 138 cm³/mol. The van der Waals surface area contributed by atoms with E-state index in [4.69, 9.17) is 16.3 Å². The van der Waals surface area contributed by atoms with Gasteiger partial charge in [0.15, 0.2) is 0 Å². The molecular formula is C23H14ClFI2N2O3.